The van der Waals surface area contributed by atoms with Crippen molar-refractivity contribution in [1.82, 2.24) is 9.88 Å². The summed E-state index contributed by atoms with van der Waals surface area (Å²) in [4.78, 5) is 18.3. The number of aryl methyl sites for hydroxylation is 1. The first-order chi connectivity index (χ1) is 9.22. The topological polar surface area (TPSA) is 59.2 Å². The second-order valence-corrected chi connectivity index (χ2v) is 5.37. The van der Waals surface area contributed by atoms with E-state index in [9.17, 15) is 4.79 Å². The van der Waals surface area contributed by atoms with Crippen LogP contribution in [0.3, 0.4) is 0 Å². The summed E-state index contributed by atoms with van der Waals surface area (Å²) in [5, 5.41) is 0. The molecule has 1 aliphatic heterocycles. The van der Waals surface area contributed by atoms with Crippen molar-refractivity contribution in [1.29, 1.82) is 0 Å². The van der Waals surface area contributed by atoms with E-state index in [0.29, 0.717) is 18.9 Å². The fraction of sp³-hybridized carbons (Fsp3) is 0.600. The van der Waals surface area contributed by atoms with Gasteiger partial charge >= 0.3 is 0 Å². The maximum atomic E-state index is 12.3. The van der Waals surface area contributed by atoms with Gasteiger partial charge in [-0.1, -0.05) is 6.92 Å². The summed E-state index contributed by atoms with van der Waals surface area (Å²) in [7, 11) is 0. The standard InChI is InChI=1S/C15H23N3O/c1-12-3-2-10-18(14(12)11-16)15(19)5-4-13-6-8-17-9-7-13/h6-9,12,14H,2-5,10-11,16H2,1H3/t12-,14-/m0/s1. The molecule has 2 atom stereocenters. The Morgan fingerprint density at radius 3 is 2.89 bits per heavy atom. The first-order valence-electron chi connectivity index (χ1n) is 7.11. The van der Waals surface area contributed by atoms with Crippen LogP contribution in [-0.2, 0) is 11.2 Å². The summed E-state index contributed by atoms with van der Waals surface area (Å²) in [6.07, 6.45) is 7.16. The van der Waals surface area contributed by atoms with Gasteiger partial charge in [0.25, 0.3) is 0 Å². The molecule has 2 rings (SSSR count). The summed E-state index contributed by atoms with van der Waals surface area (Å²) in [6.45, 7) is 3.63. The van der Waals surface area contributed by atoms with Gasteiger partial charge in [-0.3, -0.25) is 9.78 Å². The van der Waals surface area contributed by atoms with E-state index in [1.54, 1.807) is 12.4 Å². The second-order valence-electron chi connectivity index (χ2n) is 5.37. The Morgan fingerprint density at radius 2 is 2.21 bits per heavy atom. The molecule has 0 saturated carbocycles. The molecule has 19 heavy (non-hydrogen) atoms. The molecule has 0 unspecified atom stereocenters. The van der Waals surface area contributed by atoms with E-state index < -0.39 is 0 Å². The van der Waals surface area contributed by atoms with Gasteiger partial charge in [-0.25, -0.2) is 0 Å². The van der Waals surface area contributed by atoms with Gasteiger partial charge in [-0.05, 0) is 42.9 Å². The minimum atomic E-state index is 0.221. The van der Waals surface area contributed by atoms with Crippen LogP contribution in [0, 0.1) is 5.92 Å². The SMILES string of the molecule is C[C@H]1CCCN(C(=O)CCc2ccncc2)[C@H]1CN. The van der Waals surface area contributed by atoms with Crippen molar-refractivity contribution >= 4 is 5.91 Å². The van der Waals surface area contributed by atoms with E-state index in [4.69, 9.17) is 5.73 Å². The average Bonchev–Trinajstić information content (AvgIpc) is 2.45. The molecule has 0 aromatic carbocycles. The maximum absolute atomic E-state index is 12.3. The maximum Gasteiger partial charge on any atom is 0.223 e. The van der Waals surface area contributed by atoms with Gasteiger partial charge in [0, 0.05) is 37.9 Å². The molecular weight excluding hydrogens is 238 g/mol. The first kappa shape index (κ1) is 14.0. The smallest absolute Gasteiger partial charge is 0.223 e. The number of carbonyl (C=O) groups is 1. The van der Waals surface area contributed by atoms with Crippen LogP contribution in [0.5, 0.6) is 0 Å². The molecular formula is C15H23N3O. The zero-order chi connectivity index (χ0) is 13.7. The molecule has 0 radical (unpaired) electrons. The Hall–Kier alpha value is -1.42. The molecule has 4 heteroatoms. The van der Waals surface area contributed by atoms with Crippen molar-refractivity contribution in [3.8, 4) is 0 Å². The molecule has 4 nitrogen and oxygen atoms in total. The quantitative estimate of drug-likeness (QED) is 0.895. The van der Waals surface area contributed by atoms with E-state index in [-0.39, 0.29) is 11.9 Å². The third-order valence-electron chi connectivity index (χ3n) is 4.05. The van der Waals surface area contributed by atoms with Gasteiger partial charge in [0.15, 0.2) is 0 Å². The number of amides is 1. The molecule has 0 bridgehead atoms. The molecule has 1 fully saturated rings. The van der Waals surface area contributed by atoms with Crippen molar-refractivity contribution in [3.05, 3.63) is 30.1 Å². The molecule has 1 saturated heterocycles. The summed E-state index contributed by atoms with van der Waals surface area (Å²) in [6, 6.07) is 4.15. The summed E-state index contributed by atoms with van der Waals surface area (Å²) in [5.41, 5.74) is 6.99. The molecule has 1 aromatic rings. The van der Waals surface area contributed by atoms with Crippen LogP contribution in [-0.4, -0.2) is 34.9 Å². The molecule has 0 aliphatic carbocycles. The van der Waals surface area contributed by atoms with Crippen LogP contribution in [0.4, 0.5) is 0 Å². The molecule has 2 N–H and O–H groups in total. The highest BCUT2D eigenvalue weighted by molar-refractivity contribution is 5.77. The lowest BCUT2D eigenvalue weighted by atomic mass is 9.90. The summed E-state index contributed by atoms with van der Waals surface area (Å²) in [5.74, 6) is 0.752. The van der Waals surface area contributed by atoms with Crippen LogP contribution < -0.4 is 5.73 Å². The lowest BCUT2D eigenvalue weighted by molar-refractivity contribution is -0.136. The highest BCUT2D eigenvalue weighted by Crippen LogP contribution is 2.23. The highest BCUT2D eigenvalue weighted by atomic mass is 16.2. The number of pyridine rings is 1. The van der Waals surface area contributed by atoms with Crippen LogP contribution in [0.2, 0.25) is 0 Å². The highest BCUT2D eigenvalue weighted by Gasteiger charge is 2.30. The lowest BCUT2D eigenvalue weighted by Gasteiger charge is -2.39. The van der Waals surface area contributed by atoms with Crippen LogP contribution >= 0.6 is 0 Å². The van der Waals surface area contributed by atoms with Crippen LogP contribution in [0.1, 0.15) is 31.7 Å². The number of aromatic nitrogens is 1. The van der Waals surface area contributed by atoms with E-state index in [1.807, 2.05) is 17.0 Å². The Bertz CT molecular complexity index is 407. The third kappa shape index (κ3) is 3.53. The van der Waals surface area contributed by atoms with E-state index in [1.165, 1.54) is 6.42 Å². The van der Waals surface area contributed by atoms with Gasteiger partial charge in [0.2, 0.25) is 5.91 Å². The average molecular weight is 261 g/mol. The summed E-state index contributed by atoms with van der Waals surface area (Å²) >= 11 is 0. The number of carbonyl (C=O) groups excluding carboxylic acids is 1. The monoisotopic (exact) mass is 261 g/mol. The third-order valence-corrected chi connectivity index (χ3v) is 4.05. The van der Waals surface area contributed by atoms with E-state index in [2.05, 4.69) is 11.9 Å². The van der Waals surface area contributed by atoms with Crippen LogP contribution in [0.25, 0.3) is 0 Å². The number of hydrogen-bond donors (Lipinski definition) is 1. The number of hydrogen-bond acceptors (Lipinski definition) is 3. The van der Waals surface area contributed by atoms with Gasteiger partial charge in [-0.2, -0.15) is 0 Å². The van der Waals surface area contributed by atoms with E-state index in [0.717, 1.165) is 24.9 Å². The molecule has 1 aliphatic rings. The molecule has 0 spiro atoms. The zero-order valence-corrected chi connectivity index (χ0v) is 11.6. The zero-order valence-electron chi connectivity index (χ0n) is 11.6. The molecule has 2 heterocycles. The van der Waals surface area contributed by atoms with Gasteiger partial charge in [0.1, 0.15) is 0 Å². The number of nitrogens with zero attached hydrogens (tertiary/aromatic N) is 2. The second kappa shape index (κ2) is 6.66. The van der Waals surface area contributed by atoms with Gasteiger partial charge in [0.05, 0.1) is 0 Å². The van der Waals surface area contributed by atoms with Crippen molar-refractivity contribution in [2.24, 2.45) is 11.7 Å². The predicted molar refractivity (Wildman–Crippen MR) is 75.5 cm³/mol. The Kier molecular flexibility index (Phi) is 4.91. The number of likely N-dealkylation sites (tertiary alicyclic amines) is 1. The fourth-order valence-corrected chi connectivity index (χ4v) is 2.86. The molecule has 1 amide bonds. The Morgan fingerprint density at radius 1 is 1.47 bits per heavy atom. The van der Waals surface area contributed by atoms with Crippen molar-refractivity contribution in [2.75, 3.05) is 13.1 Å². The van der Waals surface area contributed by atoms with Crippen molar-refractivity contribution in [2.45, 2.75) is 38.6 Å². The minimum Gasteiger partial charge on any atom is -0.338 e. The van der Waals surface area contributed by atoms with Gasteiger partial charge < -0.3 is 10.6 Å². The van der Waals surface area contributed by atoms with Crippen molar-refractivity contribution < 1.29 is 4.79 Å². The number of rotatable bonds is 4. The Labute approximate surface area is 115 Å². The molecule has 1 aromatic heterocycles. The van der Waals surface area contributed by atoms with Crippen LogP contribution in [0.15, 0.2) is 24.5 Å². The van der Waals surface area contributed by atoms with Gasteiger partial charge in [-0.15, -0.1) is 0 Å². The summed E-state index contributed by atoms with van der Waals surface area (Å²) < 4.78 is 0. The predicted octanol–water partition coefficient (Wildman–Crippen LogP) is 1.60. The number of piperidine rings is 1. The minimum absolute atomic E-state index is 0.221. The largest absolute Gasteiger partial charge is 0.338 e. The Balaban J connectivity index is 1.91. The van der Waals surface area contributed by atoms with Crippen molar-refractivity contribution in [3.63, 3.8) is 0 Å². The normalized spacial score (nSPS) is 23.4. The number of nitrogens with two attached hydrogens (primary N) is 1. The lowest BCUT2D eigenvalue weighted by Crippen LogP contribution is -2.51. The fourth-order valence-electron chi connectivity index (χ4n) is 2.86. The molecule has 104 valence electrons. The first-order valence-corrected chi connectivity index (χ1v) is 7.11. The van der Waals surface area contributed by atoms with E-state index >= 15 is 0 Å².